The lowest BCUT2D eigenvalue weighted by molar-refractivity contribution is -0.195. The van der Waals surface area contributed by atoms with Gasteiger partial charge in [-0.15, -0.1) is 0 Å². The average molecular weight is 967 g/mol. The van der Waals surface area contributed by atoms with Gasteiger partial charge in [-0.2, -0.15) is 0 Å². The number of amides is 1. The van der Waals surface area contributed by atoms with Crippen LogP contribution in [-0.2, 0) is 33.7 Å². The van der Waals surface area contributed by atoms with Crippen molar-refractivity contribution in [1.82, 2.24) is 10.2 Å². The minimum Gasteiger partial charge on any atom is -0.504 e. The molecule has 5 N–H and O–H groups in total. The van der Waals surface area contributed by atoms with Gasteiger partial charge < -0.3 is 35.6 Å². The van der Waals surface area contributed by atoms with Crippen LogP contribution in [0.25, 0.3) is 0 Å². The summed E-state index contributed by atoms with van der Waals surface area (Å²) in [6.07, 6.45) is 23.9. The molecule has 6 aliphatic carbocycles. The summed E-state index contributed by atoms with van der Waals surface area (Å²) in [7, 11) is 4.05. The average Bonchev–Trinajstić information content (AvgIpc) is 4.15. The first-order valence-corrected chi connectivity index (χ1v) is 29.4. The predicted molar refractivity (Wildman–Crippen MR) is 271 cm³/mol. The molecule has 0 aromatic heterocycles. The largest absolute Gasteiger partial charge is 0.504 e. The molecule has 4 heterocycles. The van der Waals surface area contributed by atoms with E-state index < -0.39 is 11.7 Å². The van der Waals surface area contributed by atoms with Crippen molar-refractivity contribution in [3.8, 4) is 11.5 Å². The van der Waals surface area contributed by atoms with Gasteiger partial charge in [-0.25, -0.2) is 0 Å². The number of aromatic hydroxyl groups is 1. The monoisotopic (exact) mass is 967 g/mol. The van der Waals surface area contributed by atoms with Crippen molar-refractivity contribution < 1.29 is 29.3 Å². The SMILES string of the molecule is CC(=O)OC12CC(O)C3CCCCCSSC4(CCCC45CCCC5)NC(N)=NCC4CCC(c5ccccc5)C45CC(=O)N(Cc4cc(c6c(c4O)OC4CCCC4CC6)CC1CCC3C2)C5. The summed E-state index contributed by atoms with van der Waals surface area (Å²) in [6, 6.07) is 13.0. The van der Waals surface area contributed by atoms with Gasteiger partial charge in [0.2, 0.25) is 5.91 Å². The molecule has 4 aliphatic heterocycles. The molecule has 10 aliphatic rings. The van der Waals surface area contributed by atoms with E-state index in [0.29, 0.717) is 62.4 Å². The van der Waals surface area contributed by atoms with E-state index in [-0.39, 0.29) is 63.1 Å². The Bertz CT molecular complexity index is 2210. The van der Waals surface area contributed by atoms with Gasteiger partial charge in [0.15, 0.2) is 17.5 Å². The molecule has 12 heteroatoms. The number of esters is 1. The molecule has 8 bridgehead atoms. The number of carbonyl (C=O) groups excluding carboxylic acids is 2. The second-order valence-corrected chi connectivity index (χ2v) is 26.2. The zero-order valence-corrected chi connectivity index (χ0v) is 42.3. The molecule has 68 heavy (non-hydrogen) atoms. The second kappa shape index (κ2) is 19.2. The lowest BCUT2D eigenvalue weighted by Crippen LogP contribution is -2.56. The Balaban J connectivity index is 0.965. The number of hydrogen-bond acceptors (Lipinski definition) is 11. The summed E-state index contributed by atoms with van der Waals surface area (Å²) in [5.41, 5.74) is 10.4. The number of phenols is 1. The third-order valence-corrected chi connectivity index (χ3v) is 23.2. The number of aliphatic hydroxyl groups excluding tert-OH is 1. The Hall–Kier alpha value is -3.09. The van der Waals surface area contributed by atoms with E-state index in [1.54, 1.807) is 0 Å². The Morgan fingerprint density at radius 2 is 1.72 bits per heavy atom. The molecular formula is C56H78N4O6S2. The van der Waals surface area contributed by atoms with Gasteiger partial charge in [0.1, 0.15) is 16.6 Å². The Kier molecular flexibility index (Phi) is 13.3. The van der Waals surface area contributed by atoms with Gasteiger partial charge in [0.05, 0.1) is 6.10 Å². The molecule has 10 nitrogen and oxygen atoms in total. The van der Waals surface area contributed by atoms with Gasteiger partial charge in [-0.1, -0.05) is 77.6 Å². The van der Waals surface area contributed by atoms with Gasteiger partial charge >= 0.3 is 5.97 Å². The summed E-state index contributed by atoms with van der Waals surface area (Å²) in [4.78, 5) is 35.0. The molecule has 6 saturated carbocycles. The van der Waals surface area contributed by atoms with E-state index in [2.05, 4.69) is 41.7 Å². The number of ether oxygens (including phenoxy) is 2. The molecule has 1 saturated heterocycles. The lowest BCUT2D eigenvalue weighted by atomic mass is 9.57. The van der Waals surface area contributed by atoms with Crippen LogP contribution < -0.4 is 15.8 Å². The summed E-state index contributed by atoms with van der Waals surface area (Å²) < 4.78 is 13.4. The van der Waals surface area contributed by atoms with Gasteiger partial charge in [-0.05, 0) is 162 Å². The molecule has 11 atom stereocenters. The fourth-order valence-electron chi connectivity index (χ4n) is 16.7. The number of nitrogens with one attached hydrogen (secondary N) is 1. The smallest absolute Gasteiger partial charge is 0.303 e. The molecule has 370 valence electrons. The normalized spacial score (nSPS) is 38.4. The highest BCUT2D eigenvalue weighted by molar-refractivity contribution is 8.77. The first-order chi connectivity index (χ1) is 33.0. The fourth-order valence-corrected chi connectivity index (χ4v) is 20.3. The maximum Gasteiger partial charge on any atom is 0.303 e. The molecule has 2 aromatic carbocycles. The highest BCUT2D eigenvalue weighted by Gasteiger charge is 2.59. The van der Waals surface area contributed by atoms with Crippen molar-refractivity contribution in [3.05, 3.63) is 58.7 Å². The van der Waals surface area contributed by atoms with Crippen molar-refractivity contribution in [2.75, 3.05) is 18.8 Å². The van der Waals surface area contributed by atoms with Gasteiger partial charge in [0, 0.05) is 73.0 Å². The van der Waals surface area contributed by atoms with Gasteiger partial charge in [-0.3, -0.25) is 14.6 Å². The van der Waals surface area contributed by atoms with Crippen LogP contribution in [0.2, 0.25) is 0 Å². The highest BCUT2D eigenvalue weighted by atomic mass is 33.1. The maximum absolute atomic E-state index is 14.8. The quantitative estimate of drug-likeness (QED) is 0.169. The summed E-state index contributed by atoms with van der Waals surface area (Å²) >= 11 is 0. The maximum atomic E-state index is 14.8. The van der Waals surface area contributed by atoms with E-state index in [0.717, 1.165) is 119 Å². The summed E-state index contributed by atoms with van der Waals surface area (Å²) in [5, 5.41) is 28.5. The minimum absolute atomic E-state index is 0.0205. The van der Waals surface area contributed by atoms with Crippen LogP contribution >= 0.6 is 21.6 Å². The first-order valence-electron chi connectivity index (χ1n) is 27.1. The number of phenolic OH excluding ortho intramolecular Hbond substituents is 1. The number of nitrogens with zero attached hydrogens (tertiary/aromatic N) is 2. The van der Waals surface area contributed by atoms with E-state index >= 15 is 0 Å². The summed E-state index contributed by atoms with van der Waals surface area (Å²) in [6.45, 7) is 3.00. The number of aliphatic imine (C=N–C) groups is 1. The molecule has 1 amide bonds. The first kappa shape index (κ1) is 47.2. The topological polar surface area (TPSA) is 147 Å². The van der Waals surface area contributed by atoms with Crippen LogP contribution in [0.4, 0.5) is 0 Å². The minimum atomic E-state index is -0.745. The molecule has 0 radical (unpaired) electrons. The second-order valence-electron chi connectivity index (χ2n) is 23.4. The Labute approximate surface area is 413 Å². The Morgan fingerprint density at radius 1 is 0.897 bits per heavy atom. The molecular weight excluding hydrogens is 889 g/mol. The predicted octanol–water partition coefficient (Wildman–Crippen LogP) is 10.7. The number of guanidine groups is 1. The number of benzene rings is 2. The molecule has 2 aromatic rings. The fraction of sp³-hybridized carbons (Fsp3) is 0.732. The standard InChI is InChI=1S/C56H78N4O6S2/c1-36(61)66-55-30-39-17-19-42(55)29-40-28-41(50(64)51-45(40)21-18-38-14-10-16-48(38)65-51)34-60-35-54(32-49(60)63)43(20-22-46(54)37-12-4-2-5-13-37)33-58-52(57)59-56(26-11-25-53(56)23-7-8-24-53)68-67-27-9-3-6-15-44(39)47(62)31-55/h2,4-5,12-13,28,38-39,42-44,46-48,62,64H,3,6-11,14-27,29-35H2,1H3,(H3,57,58,59). The molecule has 11 unspecified atom stereocenters. The van der Waals surface area contributed by atoms with Crippen molar-refractivity contribution in [2.45, 2.75) is 196 Å². The summed E-state index contributed by atoms with van der Waals surface area (Å²) in [5.74, 6) is 3.62. The number of aliphatic hydroxyl groups is 1. The Morgan fingerprint density at radius 3 is 2.56 bits per heavy atom. The number of nitrogens with two attached hydrogens (primary N) is 1. The molecule has 3 spiro atoms. The lowest BCUT2D eigenvalue weighted by Gasteiger charge is -2.54. The number of carbonyl (C=O) groups is 2. The van der Waals surface area contributed by atoms with Gasteiger partial charge in [0.25, 0.3) is 0 Å². The third-order valence-electron chi connectivity index (χ3n) is 19.9. The van der Waals surface area contributed by atoms with Crippen molar-refractivity contribution in [1.29, 1.82) is 0 Å². The van der Waals surface area contributed by atoms with E-state index in [4.69, 9.17) is 20.2 Å². The van der Waals surface area contributed by atoms with Crippen LogP contribution in [0, 0.1) is 40.4 Å². The number of fused-ring (bicyclic) bond motifs is 12. The number of rotatable bonds is 2. The van der Waals surface area contributed by atoms with Crippen LogP contribution in [0.1, 0.15) is 176 Å². The van der Waals surface area contributed by atoms with Crippen LogP contribution in [-0.4, -0.2) is 74.5 Å². The third kappa shape index (κ3) is 8.55. The van der Waals surface area contributed by atoms with Crippen molar-refractivity contribution >= 4 is 39.4 Å². The zero-order chi connectivity index (χ0) is 46.7. The number of hydrogen-bond donors (Lipinski definition) is 4. The van der Waals surface area contributed by atoms with Crippen molar-refractivity contribution in [3.63, 3.8) is 0 Å². The van der Waals surface area contributed by atoms with Crippen LogP contribution in [0.15, 0.2) is 41.4 Å². The van der Waals surface area contributed by atoms with Crippen LogP contribution in [0.3, 0.4) is 0 Å². The van der Waals surface area contributed by atoms with E-state index in [1.807, 2.05) is 26.5 Å². The zero-order valence-electron chi connectivity index (χ0n) is 40.7. The molecule has 7 fully saturated rings. The van der Waals surface area contributed by atoms with Crippen molar-refractivity contribution in [2.24, 2.45) is 51.1 Å². The molecule has 12 rings (SSSR count). The van der Waals surface area contributed by atoms with E-state index in [9.17, 15) is 19.8 Å². The van der Waals surface area contributed by atoms with E-state index in [1.165, 1.54) is 51.0 Å². The highest BCUT2D eigenvalue weighted by Crippen LogP contribution is 2.64. The van der Waals surface area contributed by atoms with Crippen LogP contribution in [0.5, 0.6) is 11.5 Å².